The van der Waals surface area contributed by atoms with Crippen LogP contribution in [0.1, 0.15) is 0 Å². The zero-order chi connectivity index (χ0) is 37.3. The molecular weight excluding hydrogens is 714 g/mol. The molecule has 0 saturated carbocycles. The number of anilines is 3. The van der Waals surface area contributed by atoms with Crippen molar-refractivity contribution in [3.63, 3.8) is 0 Å². The van der Waals surface area contributed by atoms with Gasteiger partial charge in [-0.1, -0.05) is 60.7 Å². The fourth-order valence-corrected chi connectivity index (χ4v) is 6.24. The van der Waals surface area contributed by atoms with Gasteiger partial charge in [-0.05, 0) is 47.5 Å². The van der Waals surface area contributed by atoms with Gasteiger partial charge in [0.15, 0.2) is 64.0 Å². The number of para-hydroxylation sites is 2. The molecule has 0 saturated heterocycles. The minimum absolute atomic E-state index is 0.0638. The first-order valence-corrected chi connectivity index (χ1v) is 15.5. The van der Waals surface area contributed by atoms with Crippen LogP contribution in [0.15, 0.2) is 97.1 Å². The molecule has 1 aliphatic rings. The van der Waals surface area contributed by atoms with Crippen LogP contribution in [0, 0.1) is 58.2 Å². The molecule has 0 aliphatic carbocycles. The van der Waals surface area contributed by atoms with Crippen molar-refractivity contribution in [1.29, 1.82) is 0 Å². The molecule has 0 unspecified atom stereocenters. The van der Waals surface area contributed by atoms with Crippen LogP contribution in [0.2, 0.25) is 0 Å². The van der Waals surface area contributed by atoms with Crippen LogP contribution in [0.5, 0.6) is 0 Å². The number of hydrogen-bond donors (Lipinski definition) is 0. The van der Waals surface area contributed by atoms with Crippen LogP contribution in [0.4, 0.5) is 61.0 Å². The molecule has 4 nitrogen and oxygen atoms in total. The molecule has 262 valence electrons. The number of hydrogen-bond acceptors (Lipinski definition) is 4. The van der Waals surface area contributed by atoms with Crippen LogP contribution in [0.25, 0.3) is 56.4 Å². The lowest BCUT2D eigenvalue weighted by molar-refractivity contribution is 0.380. The Balaban J connectivity index is 1.33. The van der Waals surface area contributed by atoms with E-state index in [1.54, 1.807) is 12.1 Å². The van der Waals surface area contributed by atoms with E-state index >= 15 is 0 Å². The van der Waals surface area contributed by atoms with Gasteiger partial charge >= 0.3 is 0 Å². The smallest absolute Gasteiger partial charge is 0.200 e. The van der Waals surface area contributed by atoms with E-state index in [0.29, 0.717) is 5.69 Å². The number of benzene rings is 6. The second-order valence-corrected chi connectivity index (χ2v) is 11.7. The molecule has 0 spiro atoms. The highest BCUT2D eigenvalue weighted by atomic mass is 19.2. The van der Waals surface area contributed by atoms with Gasteiger partial charge in [0.1, 0.15) is 0 Å². The van der Waals surface area contributed by atoms with E-state index in [0.717, 1.165) is 33.6 Å². The summed E-state index contributed by atoms with van der Waals surface area (Å²) >= 11 is 0. The number of halogens is 10. The lowest BCUT2D eigenvalue weighted by Crippen LogP contribution is -2.11. The second kappa shape index (κ2) is 12.6. The van der Waals surface area contributed by atoms with Gasteiger partial charge in [-0.25, -0.2) is 58.9 Å². The van der Waals surface area contributed by atoms with Gasteiger partial charge in [-0.2, -0.15) is 0 Å². The monoisotopic (exact) mass is 730 g/mol. The van der Waals surface area contributed by atoms with E-state index in [1.165, 1.54) is 12.1 Å². The van der Waals surface area contributed by atoms with Crippen molar-refractivity contribution >= 4 is 17.1 Å². The lowest BCUT2D eigenvalue weighted by Gasteiger charge is -2.27. The molecular formula is C39H16F10N4. The minimum atomic E-state index is -2.52. The fraction of sp³-hybridized carbons (Fsp3) is 0. The summed E-state index contributed by atoms with van der Waals surface area (Å²) in [4.78, 5) is 13.0. The predicted octanol–water partition coefficient (Wildman–Crippen LogP) is 11.4. The van der Waals surface area contributed by atoms with E-state index in [9.17, 15) is 43.9 Å². The normalized spacial score (nSPS) is 11.9. The van der Waals surface area contributed by atoms with Crippen molar-refractivity contribution in [1.82, 2.24) is 15.0 Å². The third-order valence-electron chi connectivity index (χ3n) is 8.68. The van der Waals surface area contributed by atoms with Gasteiger partial charge in [0.05, 0.1) is 22.5 Å². The Hall–Kier alpha value is -6.57. The maximum atomic E-state index is 15.0. The second-order valence-electron chi connectivity index (χ2n) is 11.7. The van der Waals surface area contributed by atoms with Crippen LogP contribution < -0.4 is 4.90 Å². The van der Waals surface area contributed by atoms with Gasteiger partial charge in [-0.15, -0.1) is 0 Å². The standard InChI is InChI=1S/C39H16F10N4/c40-27-25(28(41)32(45)35(48)31(27)44)38-50-37(51-39(52-38)26-29(42)33(46)36(49)34(47)30(26)43)17-13-15-18(16-14-17)53-23-11-5-3-9-21(23)19-7-1-2-8-20(19)22-10-4-6-12-24(22)53/h1-16H. The number of rotatable bonds is 4. The summed E-state index contributed by atoms with van der Waals surface area (Å²) in [5.74, 6) is -27.7. The predicted molar refractivity (Wildman–Crippen MR) is 175 cm³/mol. The van der Waals surface area contributed by atoms with E-state index in [4.69, 9.17) is 0 Å². The first-order chi connectivity index (χ1) is 25.5. The third-order valence-corrected chi connectivity index (χ3v) is 8.68. The quantitative estimate of drug-likeness (QED) is 0.103. The Bertz CT molecular complexity index is 2430. The maximum absolute atomic E-state index is 15.0. The molecule has 0 fully saturated rings. The summed E-state index contributed by atoms with van der Waals surface area (Å²) in [6.07, 6.45) is 0. The average Bonchev–Trinajstić information content (AvgIpc) is 3.31. The van der Waals surface area contributed by atoms with Gasteiger partial charge in [0.2, 0.25) is 11.6 Å². The number of nitrogens with zero attached hydrogens (tertiary/aromatic N) is 4. The zero-order valence-corrected chi connectivity index (χ0v) is 26.3. The zero-order valence-electron chi connectivity index (χ0n) is 26.3. The Kier molecular flexibility index (Phi) is 7.97. The summed E-state index contributed by atoms with van der Waals surface area (Å²) in [6.45, 7) is 0. The minimum Gasteiger partial charge on any atom is -0.309 e. The molecule has 1 aliphatic heterocycles. The number of aromatic nitrogens is 3. The van der Waals surface area contributed by atoms with Crippen LogP contribution in [-0.2, 0) is 0 Å². The first kappa shape index (κ1) is 33.6. The molecule has 1 aromatic heterocycles. The third kappa shape index (κ3) is 5.20. The van der Waals surface area contributed by atoms with Crippen LogP contribution >= 0.6 is 0 Å². The van der Waals surface area contributed by atoms with E-state index < -0.39 is 86.8 Å². The maximum Gasteiger partial charge on any atom is 0.200 e. The average molecular weight is 731 g/mol. The first-order valence-electron chi connectivity index (χ1n) is 15.5. The highest BCUT2D eigenvalue weighted by Crippen LogP contribution is 2.50. The molecule has 53 heavy (non-hydrogen) atoms. The largest absolute Gasteiger partial charge is 0.309 e. The van der Waals surface area contributed by atoms with Crippen molar-refractivity contribution in [2.24, 2.45) is 0 Å². The molecule has 0 amide bonds. The molecule has 2 heterocycles. The molecule has 0 N–H and O–H groups in total. The molecule has 0 radical (unpaired) electrons. The summed E-state index contributed by atoms with van der Waals surface area (Å²) in [7, 11) is 0. The molecule has 14 heteroatoms. The summed E-state index contributed by atoms with van der Waals surface area (Å²) in [5.41, 5.74) is 2.28. The highest BCUT2D eigenvalue weighted by molar-refractivity contribution is 6.02. The topological polar surface area (TPSA) is 41.9 Å². The summed E-state index contributed by atoms with van der Waals surface area (Å²) in [5, 5.41) is 0. The Morgan fingerprint density at radius 2 is 0.642 bits per heavy atom. The van der Waals surface area contributed by atoms with Gasteiger partial charge in [0, 0.05) is 22.4 Å². The Labute approximate surface area is 292 Å². The molecule has 8 rings (SSSR count). The van der Waals surface area contributed by atoms with Crippen LogP contribution in [-0.4, -0.2) is 15.0 Å². The fourth-order valence-electron chi connectivity index (χ4n) is 6.24. The van der Waals surface area contributed by atoms with Crippen molar-refractivity contribution in [3.8, 4) is 56.4 Å². The SMILES string of the molecule is Fc1c(F)c(F)c(-c2nc(-c3ccc(N4c5ccccc5-c5ccccc5-c5ccccc54)cc3)nc(-c3c(F)c(F)c(F)c(F)c3F)n2)c(F)c1F. The van der Waals surface area contributed by atoms with E-state index in [1.807, 2.05) is 77.7 Å². The van der Waals surface area contributed by atoms with Crippen molar-refractivity contribution in [2.75, 3.05) is 4.90 Å². The van der Waals surface area contributed by atoms with Gasteiger partial charge in [-0.3, -0.25) is 0 Å². The summed E-state index contributed by atoms with van der Waals surface area (Å²) < 4.78 is 145. The Morgan fingerprint density at radius 3 is 1.04 bits per heavy atom. The molecule has 6 aromatic carbocycles. The van der Waals surface area contributed by atoms with Crippen molar-refractivity contribution < 1.29 is 43.9 Å². The van der Waals surface area contributed by atoms with Crippen molar-refractivity contribution in [2.45, 2.75) is 0 Å². The van der Waals surface area contributed by atoms with E-state index in [2.05, 4.69) is 15.0 Å². The molecule has 7 aromatic rings. The van der Waals surface area contributed by atoms with Crippen molar-refractivity contribution in [3.05, 3.63) is 155 Å². The molecule has 0 atom stereocenters. The summed E-state index contributed by atoms with van der Waals surface area (Å²) in [6, 6.07) is 28.9. The van der Waals surface area contributed by atoms with Crippen LogP contribution in [0.3, 0.4) is 0 Å². The molecule has 0 bridgehead atoms. The Morgan fingerprint density at radius 1 is 0.321 bits per heavy atom. The van der Waals surface area contributed by atoms with E-state index in [-0.39, 0.29) is 5.56 Å². The van der Waals surface area contributed by atoms with Gasteiger partial charge in [0.25, 0.3) is 0 Å². The number of fused-ring (bicyclic) bond motifs is 5. The lowest BCUT2D eigenvalue weighted by atomic mass is 9.95. The van der Waals surface area contributed by atoms with Gasteiger partial charge < -0.3 is 4.90 Å². The highest BCUT2D eigenvalue weighted by Gasteiger charge is 2.33.